The van der Waals surface area contributed by atoms with Gasteiger partial charge >= 0.3 is 0 Å². The SMILES string of the molecule is NCCc1cc2ncc(Br)cc2o1. The van der Waals surface area contributed by atoms with Crippen LogP contribution in [0.15, 0.2) is 27.2 Å². The van der Waals surface area contributed by atoms with E-state index in [1.54, 1.807) is 6.20 Å². The molecule has 68 valence electrons. The van der Waals surface area contributed by atoms with Gasteiger partial charge in [0.1, 0.15) is 11.3 Å². The van der Waals surface area contributed by atoms with Crippen molar-refractivity contribution in [1.29, 1.82) is 0 Å². The van der Waals surface area contributed by atoms with Gasteiger partial charge in [0.15, 0.2) is 5.58 Å². The maximum atomic E-state index is 5.52. The molecule has 0 aliphatic rings. The van der Waals surface area contributed by atoms with E-state index in [0.717, 1.165) is 27.8 Å². The lowest BCUT2D eigenvalue weighted by Crippen LogP contribution is -2.01. The van der Waals surface area contributed by atoms with Crippen LogP contribution < -0.4 is 5.73 Å². The quantitative estimate of drug-likeness (QED) is 0.875. The molecule has 0 spiro atoms. The molecule has 0 radical (unpaired) electrons. The molecule has 2 N–H and O–H groups in total. The van der Waals surface area contributed by atoms with Gasteiger partial charge in [0.25, 0.3) is 0 Å². The molecule has 2 rings (SSSR count). The number of furan rings is 1. The summed E-state index contributed by atoms with van der Waals surface area (Å²) in [5, 5.41) is 0. The Morgan fingerprint density at radius 1 is 1.46 bits per heavy atom. The first kappa shape index (κ1) is 8.72. The van der Waals surface area contributed by atoms with Gasteiger partial charge in [-0.05, 0) is 28.5 Å². The molecule has 0 saturated carbocycles. The highest BCUT2D eigenvalue weighted by molar-refractivity contribution is 9.10. The second kappa shape index (κ2) is 3.47. The van der Waals surface area contributed by atoms with E-state index in [-0.39, 0.29) is 0 Å². The zero-order valence-electron chi connectivity index (χ0n) is 6.96. The lowest BCUT2D eigenvalue weighted by atomic mass is 10.3. The van der Waals surface area contributed by atoms with Crippen molar-refractivity contribution in [2.24, 2.45) is 5.73 Å². The molecule has 0 aromatic carbocycles. The van der Waals surface area contributed by atoms with Gasteiger partial charge in [0.2, 0.25) is 0 Å². The molecular formula is C9H9BrN2O. The van der Waals surface area contributed by atoms with E-state index in [9.17, 15) is 0 Å². The molecule has 2 heterocycles. The maximum Gasteiger partial charge on any atom is 0.153 e. The number of nitrogens with zero attached hydrogens (tertiary/aromatic N) is 1. The number of aromatic nitrogens is 1. The second-order valence-electron chi connectivity index (χ2n) is 2.79. The molecule has 0 atom stereocenters. The lowest BCUT2D eigenvalue weighted by Gasteiger charge is -1.89. The van der Waals surface area contributed by atoms with Gasteiger partial charge in [-0.15, -0.1) is 0 Å². The predicted molar refractivity (Wildman–Crippen MR) is 54.5 cm³/mol. The monoisotopic (exact) mass is 240 g/mol. The summed E-state index contributed by atoms with van der Waals surface area (Å²) >= 11 is 3.33. The van der Waals surface area contributed by atoms with Crippen molar-refractivity contribution in [2.45, 2.75) is 6.42 Å². The predicted octanol–water partition coefficient (Wildman–Crippen LogP) is 2.09. The Morgan fingerprint density at radius 2 is 2.31 bits per heavy atom. The minimum Gasteiger partial charge on any atom is -0.459 e. The van der Waals surface area contributed by atoms with E-state index in [1.165, 1.54) is 0 Å². The molecule has 2 aromatic heterocycles. The number of rotatable bonds is 2. The highest BCUT2D eigenvalue weighted by Gasteiger charge is 2.03. The van der Waals surface area contributed by atoms with Crippen molar-refractivity contribution < 1.29 is 4.42 Å². The average molecular weight is 241 g/mol. The van der Waals surface area contributed by atoms with Gasteiger partial charge in [0, 0.05) is 23.2 Å². The molecule has 0 aliphatic carbocycles. The maximum absolute atomic E-state index is 5.52. The molecule has 4 heteroatoms. The topological polar surface area (TPSA) is 52.0 Å². The summed E-state index contributed by atoms with van der Waals surface area (Å²) < 4.78 is 6.44. The van der Waals surface area contributed by atoms with Crippen LogP contribution >= 0.6 is 15.9 Å². The summed E-state index contributed by atoms with van der Waals surface area (Å²) in [6, 6.07) is 3.83. The lowest BCUT2D eigenvalue weighted by molar-refractivity contribution is 0.550. The van der Waals surface area contributed by atoms with Crippen LogP contribution in [0.4, 0.5) is 0 Å². The number of hydrogen-bond donors (Lipinski definition) is 1. The van der Waals surface area contributed by atoms with Crippen LogP contribution in [-0.4, -0.2) is 11.5 Å². The molecule has 2 aromatic rings. The average Bonchev–Trinajstić information content (AvgIpc) is 2.46. The third-order valence-electron chi connectivity index (χ3n) is 1.78. The zero-order chi connectivity index (χ0) is 9.26. The third-order valence-corrected chi connectivity index (χ3v) is 2.21. The first-order valence-corrected chi connectivity index (χ1v) is 4.83. The normalized spacial score (nSPS) is 10.9. The zero-order valence-corrected chi connectivity index (χ0v) is 8.54. The Hall–Kier alpha value is -0.870. The van der Waals surface area contributed by atoms with Crippen molar-refractivity contribution in [3.63, 3.8) is 0 Å². The molecule has 0 unspecified atom stereocenters. The van der Waals surface area contributed by atoms with E-state index < -0.39 is 0 Å². The van der Waals surface area contributed by atoms with Crippen LogP contribution in [0.1, 0.15) is 5.76 Å². The fourth-order valence-electron chi connectivity index (χ4n) is 1.21. The number of nitrogens with two attached hydrogens (primary N) is 1. The van der Waals surface area contributed by atoms with Gasteiger partial charge in [-0.1, -0.05) is 0 Å². The van der Waals surface area contributed by atoms with E-state index in [1.807, 2.05) is 12.1 Å². The van der Waals surface area contributed by atoms with Gasteiger partial charge in [-0.25, -0.2) is 0 Å². The van der Waals surface area contributed by atoms with Gasteiger partial charge in [-0.3, -0.25) is 4.98 Å². The minimum absolute atomic E-state index is 0.598. The third kappa shape index (κ3) is 1.73. The molecule has 3 nitrogen and oxygen atoms in total. The highest BCUT2D eigenvalue weighted by atomic mass is 79.9. The largest absolute Gasteiger partial charge is 0.459 e. The Balaban J connectivity index is 2.49. The Bertz CT molecular complexity index is 424. The molecule has 0 saturated heterocycles. The first-order chi connectivity index (χ1) is 6.29. The van der Waals surface area contributed by atoms with Gasteiger partial charge in [-0.2, -0.15) is 0 Å². The molecule has 0 fully saturated rings. The van der Waals surface area contributed by atoms with E-state index >= 15 is 0 Å². The molecular weight excluding hydrogens is 232 g/mol. The van der Waals surface area contributed by atoms with Crippen molar-refractivity contribution in [3.8, 4) is 0 Å². The van der Waals surface area contributed by atoms with Gasteiger partial charge in [0.05, 0.1) is 0 Å². The summed E-state index contributed by atoms with van der Waals surface area (Å²) in [6.07, 6.45) is 2.51. The van der Waals surface area contributed by atoms with Gasteiger partial charge < -0.3 is 10.2 Å². The van der Waals surface area contributed by atoms with E-state index in [4.69, 9.17) is 10.2 Å². The molecule has 0 aliphatic heterocycles. The highest BCUT2D eigenvalue weighted by Crippen LogP contribution is 2.20. The van der Waals surface area contributed by atoms with Crippen LogP contribution in [0.3, 0.4) is 0 Å². The standard InChI is InChI=1S/C9H9BrN2O/c10-6-3-9-8(12-5-6)4-7(13-9)1-2-11/h3-5H,1-2,11H2. The van der Waals surface area contributed by atoms with Crippen LogP contribution in [0.25, 0.3) is 11.1 Å². The Labute approximate surface area is 84.1 Å². The number of hydrogen-bond acceptors (Lipinski definition) is 3. The minimum atomic E-state index is 0.598. The van der Waals surface area contributed by atoms with Crippen molar-refractivity contribution >= 4 is 27.0 Å². The Kier molecular flexibility index (Phi) is 2.33. The van der Waals surface area contributed by atoms with Crippen LogP contribution in [-0.2, 0) is 6.42 Å². The van der Waals surface area contributed by atoms with Crippen molar-refractivity contribution in [2.75, 3.05) is 6.54 Å². The van der Waals surface area contributed by atoms with Crippen molar-refractivity contribution in [1.82, 2.24) is 4.98 Å². The fourth-order valence-corrected chi connectivity index (χ4v) is 1.52. The molecule has 13 heavy (non-hydrogen) atoms. The smallest absolute Gasteiger partial charge is 0.153 e. The summed E-state index contributed by atoms with van der Waals surface area (Å²) in [5.74, 6) is 0.892. The van der Waals surface area contributed by atoms with Crippen LogP contribution in [0.5, 0.6) is 0 Å². The second-order valence-corrected chi connectivity index (χ2v) is 3.70. The summed E-state index contributed by atoms with van der Waals surface area (Å²) in [7, 11) is 0. The van der Waals surface area contributed by atoms with Crippen LogP contribution in [0, 0.1) is 0 Å². The van der Waals surface area contributed by atoms with Crippen LogP contribution in [0.2, 0.25) is 0 Å². The summed E-state index contributed by atoms with van der Waals surface area (Å²) in [4.78, 5) is 4.20. The fraction of sp³-hybridized carbons (Fsp3) is 0.222. The first-order valence-electron chi connectivity index (χ1n) is 4.03. The summed E-state index contributed by atoms with van der Waals surface area (Å²) in [5.41, 5.74) is 7.11. The van der Waals surface area contributed by atoms with E-state index in [2.05, 4.69) is 20.9 Å². The molecule has 0 bridgehead atoms. The number of fused-ring (bicyclic) bond motifs is 1. The van der Waals surface area contributed by atoms with E-state index in [0.29, 0.717) is 6.54 Å². The number of halogens is 1. The summed E-state index contributed by atoms with van der Waals surface area (Å²) in [6.45, 7) is 0.598. The van der Waals surface area contributed by atoms with Crippen molar-refractivity contribution in [3.05, 3.63) is 28.6 Å². The number of pyridine rings is 1. The molecule has 0 amide bonds. The Morgan fingerprint density at radius 3 is 3.08 bits per heavy atom.